The minimum absolute atomic E-state index is 0.105. The molecule has 0 radical (unpaired) electrons. The summed E-state index contributed by atoms with van der Waals surface area (Å²) in [4.78, 5) is 15.3. The molecular formula is C23H27NO4. The molecule has 7 rings (SSSR count). The Hall–Kier alpha value is -1.85. The number of likely N-dealkylation sites (N-methyl/N-ethyl adjacent to an activating group) is 1. The van der Waals surface area contributed by atoms with Crippen molar-refractivity contribution in [2.24, 2.45) is 11.3 Å². The lowest BCUT2D eigenvalue weighted by Crippen LogP contribution is -2.79. The van der Waals surface area contributed by atoms with Crippen LogP contribution in [0.3, 0.4) is 0 Å². The number of carbonyl (C=O) groups is 1. The number of Topliss-reactive ketones (excluding diaryl/α,β-unsaturated/α-hetero) is 1. The van der Waals surface area contributed by atoms with E-state index in [9.17, 15) is 4.79 Å². The van der Waals surface area contributed by atoms with Gasteiger partial charge in [-0.3, -0.25) is 4.79 Å². The number of piperidine rings is 1. The Balaban J connectivity index is 1.72. The summed E-state index contributed by atoms with van der Waals surface area (Å²) in [6, 6.07) is 4.62. The second-order valence-corrected chi connectivity index (χ2v) is 9.35. The number of carbonyl (C=O) groups excluding carboxylic acids is 1. The third kappa shape index (κ3) is 1.49. The van der Waals surface area contributed by atoms with Gasteiger partial charge >= 0.3 is 0 Å². The molecule has 6 aliphatic rings. The quantitative estimate of drug-likeness (QED) is 0.753. The minimum Gasteiger partial charge on any atom is -0.493 e. The van der Waals surface area contributed by atoms with Crippen LogP contribution in [0.5, 0.6) is 11.5 Å². The van der Waals surface area contributed by atoms with Gasteiger partial charge in [0.25, 0.3) is 0 Å². The molecule has 6 atom stereocenters. The molecule has 4 unspecified atom stereocenters. The lowest BCUT2D eigenvalue weighted by Gasteiger charge is -2.70. The Labute approximate surface area is 165 Å². The minimum atomic E-state index is -0.716. The fraction of sp³-hybridized carbons (Fsp3) is 0.609. The van der Waals surface area contributed by atoms with Crippen molar-refractivity contribution < 1.29 is 19.0 Å². The van der Waals surface area contributed by atoms with Gasteiger partial charge in [-0.2, -0.15) is 0 Å². The summed E-state index contributed by atoms with van der Waals surface area (Å²) >= 11 is 0. The highest BCUT2D eigenvalue weighted by molar-refractivity contribution is 5.82. The van der Waals surface area contributed by atoms with Gasteiger partial charge in [0.15, 0.2) is 11.5 Å². The molecule has 0 aromatic heterocycles. The summed E-state index contributed by atoms with van der Waals surface area (Å²) < 4.78 is 18.7. The maximum absolute atomic E-state index is 12.8. The molecule has 4 bridgehead atoms. The first-order chi connectivity index (χ1) is 13.4. The van der Waals surface area contributed by atoms with Gasteiger partial charge in [0, 0.05) is 24.1 Å². The highest BCUT2D eigenvalue weighted by Crippen LogP contribution is 2.74. The van der Waals surface area contributed by atoms with E-state index in [1.807, 2.05) is 6.07 Å². The molecule has 2 aliphatic heterocycles. The molecule has 1 aromatic rings. The molecule has 1 saturated heterocycles. The molecule has 5 nitrogen and oxygen atoms in total. The number of nitrogens with zero attached hydrogens (tertiary/aromatic N) is 1. The highest BCUT2D eigenvalue weighted by Gasteiger charge is 2.79. The van der Waals surface area contributed by atoms with Crippen LogP contribution < -0.4 is 9.47 Å². The van der Waals surface area contributed by atoms with Crippen molar-refractivity contribution in [3.05, 3.63) is 35.4 Å². The number of hydrogen-bond donors (Lipinski definition) is 0. The van der Waals surface area contributed by atoms with Crippen molar-refractivity contribution in [1.29, 1.82) is 0 Å². The van der Waals surface area contributed by atoms with E-state index in [0.29, 0.717) is 6.04 Å². The van der Waals surface area contributed by atoms with Crippen LogP contribution in [0.2, 0.25) is 0 Å². The molecule has 2 spiro atoms. The van der Waals surface area contributed by atoms with E-state index >= 15 is 0 Å². The summed E-state index contributed by atoms with van der Waals surface area (Å²) in [6.07, 6.45) is 7.19. The van der Waals surface area contributed by atoms with Crippen molar-refractivity contribution >= 4 is 5.78 Å². The second-order valence-electron chi connectivity index (χ2n) is 9.35. The highest BCUT2D eigenvalue weighted by atomic mass is 16.6. The van der Waals surface area contributed by atoms with Gasteiger partial charge in [-0.15, -0.1) is 0 Å². The van der Waals surface area contributed by atoms with Crippen LogP contribution in [-0.2, 0) is 21.4 Å². The normalized spacial score (nSPS) is 44.2. The maximum Gasteiger partial charge on any atom is 0.166 e. The Kier molecular flexibility index (Phi) is 3.05. The zero-order valence-electron chi connectivity index (χ0n) is 17.0. The van der Waals surface area contributed by atoms with Crippen LogP contribution in [0.4, 0.5) is 0 Å². The van der Waals surface area contributed by atoms with Crippen LogP contribution in [0, 0.1) is 11.3 Å². The number of hydrogen-bond acceptors (Lipinski definition) is 5. The number of benzene rings is 1. The molecule has 2 heterocycles. The third-order valence-electron chi connectivity index (χ3n) is 8.77. The summed E-state index contributed by atoms with van der Waals surface area (Å²) in [7, 11) is 5.67. The van der Waals surface area contributed by atoms with Gasteiger partial charge < -0.3 is 19.1 Å². The number of rotatable bonds is 3. The SMILES string of the molecule is COc1ccc2c3c1OC1C4(OC)C=CC5(CC4C(C)=O)[C@@H](C2)N(C)CC[C@]315. The zero-order chi connectivity index (χ0) is 19.5. The molecular weight excluding hydrogens is 354 g/mol. The fourth-order valence-electron chi connectivity index (χ4n) is 7.67. The monoisotopic (exact) mass is 381 g/mol. The van der Waals surface area contributed by atoms with Gasteiger partial charge in [-0.1, -0.05) is 18.2 Å². The van der Waals surface area contributed by atoms with E-state index in [2.05, 4.69) is 30.2 Å². The largest absolute Gasteiger partial charge is 0.493 e. The lowest BCUT2D eigenvalue weighted by molar-refractivity contribution is -0.212. The first kappa shape index (κ1) is 17.0. The van der Waals surface area contributed by atoms with E-state index in [4.69, 9.17) is 14.2 Å². The summed E-state index contributed by atoms with van der Waals surface area (Å²) in [5.74, 6) is 1.68. The topological polar surface area (TPSA) is 48.0 Å². The Bertz CT molecular complexity index is 941. The standard InChI is InChI=1S/C23H27NO4/c1-13(25)15-12-21-7-8-23(15,27-4)20-22(21)9-10-24(2)17(21)11-14-5-6-16(26-3)19(28-20)18(14)22/h5-8,15,17,20H,9-12H2,1-4H3/t15?,17-,20?,21?,22+,23?/m1/s1. The van der Waals surface area contributed by atoms with E-state index in [-0.39, 0.29) is 28.6 Å². The third-order valence-corrected chi connectivity index (χ3v) is 8.77. The van der Waals surface area contributed by atoms with Crippen molar-refractivity contribution in [2.45, 2.75) is 49.3 Å². The molecule has 1 saturated carbocycles. The van der Waals surface area contributed by atoms with Crippen LogP contribution in [0.15, 0.2) is 24.3 Å². The number of ether oxygens (including phenoxy) is 3. The molecule has 28 heavy (non-hydrogen) atoms. The van der Waals surface area contributed by atoms with Gasteiger partial charge in [0.2, 0.25) is 0 Å². The smallest absolute Gasteiger partial charge is 0.166 e. The average Bonchev–Trinajstić information content (AvgIpc) is 3.07. The first-order valence-electron chi connectivity index (χ1n) is 10.3. The Morgan fingerprint density at radius 1 is 1.29 bits per heavy atom. The predicted molar refractivity (Wildman–Crippen MR) is 104 cm³/mol. The van der Waals surface area contributed by atoms with E-state index in [1.165, 1.54) is 11.1 Å². The first-order valence-corrected chi connectivity index (χ1v) is 10.3. The average molecular weight is 381 g/mol. The Morgan fingerprint density at radius 3 is 2.82 bits per heavy atom. The molecule has 0 amide bonds. The van der Waals surface area contributed by atoms with Crippen molar-refractivity contribution in [3.63, 3.8) is 0 Å². The fourth-order valence-corrected chi connectivity index (χ4v) is 7.67. The zero-order valence-corrected chi connectivity index (χ0v) is 17.0. The maximum atomic E-state index is 12.8. The second kappa shape index (κ2) is 5.00. The van der Waals surface area contributed by atoms with Crippen molar-refractivity contribution in [3.8, 4) is 11.5 Å². The van der Waals surface area contributed by atoms with Crippen LogP contribution >= 0.6 is 0 Å². The Morgan fingerprint density at radius 2 is 2.11 bits per heavy atom. The summed E-state index contributed by atoms with van der Waals surface area (Å²) in [5, 5.41) is 0. The van der Waals surface area contributed by atoms with E-state index in [0.717, 1.165) is 37.3 Å². The number of fused-ring (bicyclic) bond motifs is 1. The van der Waals surface area contributed by atoms with E-state index in [1.54, 1.807) is 21.1 Å². The van der Waals surface area contributed by atoms with Crippen LogP contribution in [0.25, 0.3) is 0 Å². The molecule has 2 fully saturated rings. The van der Waals surface area contributed by atoms with Gasteiger partial charge in [0.05, 0.1) is 18.4 Å². The van der Waals surface area contributed by atoms with Crippen molar-refractivity contribution in [2.75, 3.05) is 27.8 Å². The number of methoxy groups -OCH3 is 2. The summed E-state index contributed by atoms with van der Waals surface area (Å²) in [6.45, 7) is 2.74. The number of ketones is 1. The van der Waals surface area contributed by atoms with Gasteiger partial charge in [0.1, 0.15) is 17.5 Å². The number of likely N-dealkylation sites (tertiary alicyclic amines) is 1. The van der Waals surface area contributed by atoms with Gasteiger partial charge in [-0.05, 0) is 51.4 Å². The van der Waals surface area contributed by atoms with Gasteiger partial charge in [-0.25, -0.2) is 0 Å². The molecule has 5 heteroatoms. The van der Waals surface area contributed by atoms with Crippen LogP contribution in [-0.4, -0.2) is 56.2 Å². The lowest BCUT2D eigenvalue weighted by atomic mass is 9.37. The molecule has 1 aromatic carbocycles. The molecule has 0 N–H and O–H groups in total. The van der Waals surface area contributed by atoms with Crippen molar-refractivity contribution in [1.82, 2.24) is 4.90 Å². The molecule has 148 valence electrons. The van der Waals surface area contributed by atoms with Crippen LogP contribution in [0.1, 0.15) is 30.9 Å². The predicted octanol–water partition coefficient (Wildman–Crippen LogP) is 2.50. The summed E-state index contributed by atoms with van der Waals surface area (Å²) in [5.41, 5.74) is 1.72. The van der Waals surface area contributed by atoms with E-state index < -0.39 is 5.60 Å². The molecule has 4 aliphatic carbocycles.